The van der Waals surface area contributed by atoms with Crippen LogP contribution in [-0.4, -0.2) is 20.7 Å². The lowest BCUT2D eigenvalue weighted by Gasteiger charge is -2.10. The minimum Gasteiger partial charge on any atom is -0.368 e. The molecule has 0 saturated carbocycles. The highest BCUT2D eigenvalue weighted by atomic mass is 32.2. The van der Waals surface area contributed by atoms with Gasteiger partial charge in [-0.25, -0.2) is 0 Å². The number of benzene rings is 1. The first-order valence-electron chi connectivity index (χ1n) is 6.70. The molecule has 20 heavy (non-hydrogen) atoms. The topological polar surface area (TPSA) is 90.7 Å². The summed E-state index contributed by atoms with van der Waals surface area (Å²) in [6, 6.07) is 8.72. The quantitative estimate of drug-likeness (QED) is 0.838. The van der Waals surface area contributed by atoms with Crippen LogP contribution in [0.15, 0.2) is 29.4 Å². The number of aromatic nitrogens is 3. The number of fused-ring (bicyclic) bond motifs is 1. The Balaban J connectivity index is 1.59. The third-order valence-corrected chi connectivity index (χ3v) is 4.48. The summed E-state index contributed by atoms with van der Waals surface area (Å²) in [7, 11) is 0. The van der Waals surface area contributed by atoms with Crippen LogP contribution in [-0.2, 0) is 6.42 Å². The van der Waals surface area contributed by atoms with Gasteiger partial charge in [0.05, 0.1) is 0 Å². The second kappa shape index (κ2) is 5.66. The molecular formula is C14H17N5S. The number of hydrogen-bond donors (Lipinski definition) is 2. The highest BCUT2D eigenvalue weighted by molar-refractivity contribution is 7.99. The minimum absolute atomic E-state index is 0.186. The Morgan fingerprint density at radius 2 is 1.85 bits per heavy atom. The first kappa shape index (κ1) is 13.2. The van der Waals surface area contributed by atoms with Crippen molar-refractivity contribution >= 4 is 23.7 Å². The standard InChI is InChI=1S/C14H17N5S/c15-12-17-13(16)19-14(18-12)20-8-7-10-6-5-9-3-1-2-4-11(9)10/h1-4,10H,5-8H2,(H4,15,16,17,18,19). The van der Waals surface area contributed by atoms with Crippen molar-refractivity contribution in [3.63, 3.8) is 0 Å². The van der Waals surface area contributed by atoms with Crippen molar-refractivity contribution in [2.24, 2.45) is 0 Å². The smallest absolute Gasteiger partial charge is 0.225 e. The van der Waals surface area contributed by atoms with Gasteiger partial charge < -0.3 is 11.5 Å². The van der Waals surface area contributed by atoms with Crippen LogP contribution in [0.3, 0.4) is 0 Å². The monoisotopic (exact) mass is 287 g/mol. The summed E-state index contributed by atoms with van der Waals surface area (Å²) in [5.74, 6) is 1.98. The van der Waals surface area contributed by atoms with Crippen molar-refractivity contribution < 1.29 is 0 Å². The number of nitrogen functional groups attached to an aromatic ring is 2. The highest BCUT2D eigenvalue weighted by Crippen LogP contribution is 2.36. The molecule has 1 aromatic heterocycles. The number of anilines is 2. The maximum Gasteiger partial charge on any atom is 0.225 e. The SMILES string of the molecule is Nc1nc(N)nc(SCCC2CCc3ccccc32)n1. The maximum absolute atomic E-state index is 5.56. The highest BCUT2D eigenvalue weighted by Gasteiger charge is 2.21. The number of aryl methyl sites for hydroxylation is 1. The van der Waals surface area contributed by atoms with Crippen molar-refractivity contribution in [2.45, 2.75) is 30.3 Å². The fourth-order valence-electron chi connectivity index (χ4n) is 2.69. The van der Waals surface area contributed by atoms with E-state index >= 15 is 0 Å². The Labute approximate surface area is 122 Å². The van der Waals surface area contributed by atoms with Crippen LogP contribution in [0.4, 0.5) is 11.9 Å². The number of nitrogens with two attached hydrogens (primary N) is 2. The van der Waals surface area contributed by atoms with Crippen LogP contribution >= 0.6 is 11.8 Å². The van der Waals surface area contributed by atoms with Gasteiger partial charge in [-0.1, -0.05) is 36.0 Å². The Hall–Kier alpha value is -1.82. The number of thioether (sulfide) groups is 1. The average Bonchev–Trinajstić information content (AvgIpc) is 2.81. The molecule has 0 saturated heterocycles. The van der Waals surface area contributed by atoms with Crippen LogP contribution in [0.5, 0.6) is 0 Å². The van der Waals surface area contributed by atoms with Crippen LogP contribution in [0, 0.1) is 0 Å². The largest absolute Gasteiger partial charge is 0.368 e. The van der Waals surface area contributed by atoms with Crippen molar-refractivity contribution in [1.29, 1.82) is 0 Å². The van der Waals surface area contributed by atoms with Gasteiger partial charge in [0.1, 0.15) is 0 Å². The van der Waals surface area contributed by atoms with E-state index in [0.717, 1.165) is 12.2 Å². The van der Waals surface area contributed by atoms with Gasteiger partial charge in [0.25, 0.3) is 0 Å². The lowest BCUT2D eigenvalue weighted by molar-refractivity contribution is 0.661. The summed E-state index contributed by atoms with van der Waals surface area (Å²) in [5.41, 5.74) is 14.1. The van der Waals surface area contributed by atoms with Crippen LogP contribution in [0.25, 0.3) is 0 Å². The number of hydrogen-bond acceptors (Lipinski definition) is 6. The van der Waals surface area contributed by atoms with E-state index in [1.165, 1.54) is 24.0 Å². The van der Waals surface area contributed by atoms with E-state index < -0.39 is 0 Å². The molecule has 5 nitrogen and oxygen atoms in total. The Bertz CT molecular complexity index is 596. The molecule has 1 aliphatic rings. The first-order chi connectivity index (χ1) is 9.72. The Morgan fingerprint density at radius 3 is 2.65 bits per heavy atom. The molecule has 2 aromatic rings. The van der Waals surface area contributed by atoms with E-state index in [1.54, 1.807) is 11.8 Å². The van der Waals surface area contributed by atoms with E-state index in [0.29, 0.717) is 11.1 Å². The molecule has 0 amide bonds. The molecule has 3 rings (SSSR count). The molecule has 0 fully saturated rings. The average molecular weight is 287 g/mol. The first-order valence-corrected chi connectivity index (χ1v) is 7.68. The molecular weight excluding hydrogens is 270 g/mol. The summed E-state index contributed by atoms with van der Waals surface area (Å²) >= 11 is 1.59. The van der Waals surface area contributed by atoms with E-state index in [2.05, 4.69) is 39.2 Å². The summed E-state index contributed by atoms with van der Waals surface area (Å²) in [5, 5.41) is 0.612. The third kappa shape index (κ3) is 2.85. The molecule has 1 unspecified atom stereocenters. The van der Waals surface area contributed by atoms with E-state index in [4.69, 9.17) is 11.5 Å². The molecule has 1 atom stereocenters. The van der Waals surface area contributed by atoms with E-state index in [1.807, 2.05) is 0 Å². The Kier molecular flexibility index (Phi) is 3.73. The van der Waals surface area contributed by atoms with Gasteiger partial charge in [-0.15, -0.1) is 0 Å². The van der Waals surface area contributed by atoms with Crippen molar-refractivity contribution in [1.82, 2.24) is 15.0 Å². The van der Waals surface area contributed by atoms with E-state index in [-0.39, 0.29) is 11.9 Å². The van der Waals surface area contributed by atoms with E-state index in [9.17, 15) is 0 Å². The van der Waals surface area contributed by atoms with Crippen LogP contribution in [0.1, 0.15) is 29.9 Å². The number of nitrogens with zero attached hydrogens (tertiary/aromatic N) is 3. The normalized spacial score (nSPS) is 17.1. The lowest BCUT2D eigenvalue weighted by atomic mass is 9.99. The van der Waals surface area contributed by atoms with Gasteiger partial charge in [0, 0.05) is 5.75 Å². The number of rotatable bonds is 4. The maximum atomic E-state index is 5.56. The molecule has 1 heterocycles. The zero-order chi connectivity index (χ0) is 13.9. The van der Waals surface area contributed by atoms with Crippen molar-refractivity contribution in [3.05, 3.63) is 35.4 Å². The molecule has 1 aromatic carbocycles. The molecule has 0 aliphatic heterocycles. The molecule has 104 valence electrons. The third-order valence-electron chi connectivity index (χ3n) is 3.60. The molecule has 4 N–H and O–H groups in total. The summed E-state index contributed by atoms with van der Waals surface area (Å²) in [6.45, 7) is 0. The molecule has 6 heteroatoms. The Morgan fingerprint density at radius 1 is 1.10 bits per heavy atom. The predicted octanol–water partition coefficient (Wildman–Crippen LogP) is 2.25. The van der Waals surface area contributed by atoms with Crippen LogP contribution in [0.2, 0.25) is 0 Å². The van der Waals surface area contributed by atoms with Gasteiger partial charge in [0.15, 0.2) is 5.16 Å². The molecule has 0 spiro atoms. The molecule has 1 aliphatic carbocycles. The molecule has 0 radical (unpaired) electrons. The van der Waals surface area contributed by atoms with Crippen molar-refractivity contribution in [2.75, 3.05) is 17.2 Å². The van der Waals surface area contributed by atoms with Gasteiger partial charge in [-0.3, -0.25) is 0 Å². The zero-order valence-electron chi connectivity index (χ0n) is 11.1. The minimum atomic E-state index is 0.186. The second-order valence-corrected chi connectivity index (χ2v) is 5.97. The summed E-state index contributed by atoms with van der Waals surface area (Å²) in [4.78, 5) is 11.9. The van der Waals surface area contributed by atoms with Gasteiger partial charge >= 0.3 is 0 Å². The summed E-state index contributed by atoms with van der Waals surface area (Å²) in [6.07, 6.45) is 3.55. The fourth-order valence-corrected chi connectivity index (χ4v) is 3.59. The van der Waals surface area contributed by atoms with Gasteiger partial charge in [0.2, 0.25) is 11.9 Å². The zero-order valence-corrected chi connectivity index (χ0v) is 11.9. The second-order valence-electron chi connectivity index (χ2n) is 4.91. The summed E-state index contributed by atoms with van der Waals surface area (Å²) < 4.78 is 0. The van der Waals surface area contributed by atoms with Gasteiger partial charge in [-0.05, 0) is 36.3 Å². The van der Waals surface area contributed by atoms with Crippen LogP contribution < -0.4 is 11.5 Å². The fraction of sp³-hybridized carbons (Fsp3) is 0.357. The molecule has 0 bridgehead atoms. The van der Waals surface area contributed by atoms with Gasteiger partial charge in [-0.2, -0.15) is 15.0 Å². The predicted molar refractivity (Wildman–Crippen MR) is 81.5 cm³/mol. The lowest BCUT2D eigenvalue weighted by Crippen LogP contribution is -2.04. The van der Waals surface area contributed by atoms with Crippen molar-refractivity contribution in [3.8, 4) is 0 Å².